The molecular weight excluding hydrogens is 439 g/mol. The first-order valence-corrected chi connectivity index (χ1v) is 9.72. The molecule has 4 N–H and O–H groups in total. The third-order valence-electron chi connectivity index (χ3n) is 3.15. The zero-order valence-electron chi connectivity index (χ0n) is 13.5. The van der Waals surface area contributed by atoms with Crippen LogP contribution in [0, 0.1) is 0 Å². The van der Waals surface area contributed by atoms with E-state index in [4.69, 9.17) is 5.37 Å². The van der Waals surface area contributed by atoms with Gasteiger partial charge in [-0.25, -0.2) is 0 Å². The summed E-state index contributed by atoms with van der Waals surface area (Å²) in [6.07, 6.45) is 0.215. The van der Waals surface area contributed by atoms with Gasteiger partial charge in [-0.2, -0.15) is 0 Å². The van der Waals surface area contributed by atoms with Gasteiger partial charge in [0.15, 0.2) is 0 Å². The van der Waals surface area contributed by atoms with E-state index in [2.05, 4.69) is 49.0 Å². The normalized spacial score (nSPS) is 13.6. The molecule has 0 unspecified atom stereocenters. The molecule has 0 heterocycles. The van der Waals surface area contributed by atoms with E-state index >= 15 is 0 Å². The van der Waals surface area contributed by atoms with Gasteiger partial charge < -0.3 is 0 Å². The zero-order valence-corrected chi connectivity index (χ0v) is 17.4. The molecule has 0 rings (SSSR count). The first-order valence-electron chi connectivity index (χ1n) is 6.55. The van der Waals surface area contributed by atoms with Crippen molar-refractivity contribution in [1.29, 1.82) is 0 Å². The van der Waals surface area contributed by atoms with Gasteiger partial charge in [-0.1, -0.05) is 0 Å². The van der Waals surface area contributed by atoms with Crippen LogP contribution in [0.4, 0.5) is 0 Å². The van der Waals surface area contributed by atoms with Gasteiger partial charge >= 0.3 is 131 Å². The summed E-state index contributed by atoms with van der Waals surface area (Å²) in [7, 11) is 7.68. The van der Waals surface area contributed by atoms with Gasteiger partial charge in [0.25, 0.3) is 0 Å². The van der Waals surface area contributed by atoms with Crippen LogP contribution in [0.5, 0.6) is 0 Å². The summed E-state index contributed by atoms with van der Waals surface area (Å²) in [5.41, 5.74) is -0.561. The molecule has 0 bridgehead atoms. The van der Waals surface area contributed by atoms with E-state index in [1.807, 2.05) is 28.2 Å². The van der Waals surface area contributed by atoms with E-state index in [0.717, 1.165) is 0 Å². The fourth-order valence-electron chi connectivity index (χ4n) is 2.03. The summed E-state index contributed by atoms with van der Waals surface area (Å²) in [6, 6.07) is 0. The third-order valence-corrected chi connectivity index (χ3v) is 7.89. The Morgan fingerprint density at radius 1 is 0.684 bits per heavy atom. The van der Waals surface area contributed by atoms with Crippen molar-refractivity contribution < 1.29 is 5.37 Å². The molecule has 19 heavy (non-hydrogen) atoms. The predicted octanol–water partition coefficient (Wildman–Crippen LogP) is -0.359. The topological polar surface area (TPSA) is 66.6 Å². The first-order chi connectivity index (χ1) is 8.75. The van der Waals surface area contributed by atoms with Gasteiger partial charge in [0.05, 0.1) is 0 Å². The molecule has 2 radical (unpaired) electrons. The average molecular weight is 470 g/mol. The Labute approximate surface area is 131 Å². The van der Waals surface area contributed by atoms with Gasteiger partial charge in [-0.05, 0) is 0 Å². The van der Waals surface area contributed by atoms with Crippen LogP contribution in [-0.2, 0) is 5.37 Å². The summed E-state index contributed by atoms with van der Waals surface area (Å²) in [4.78, 5) is 0. The zero-order chi connectivity index (χ0) is 15.1. The molecule has 114 valence electrons. The van der Waals surface area contributed by atoms with Crippen LogP contribution in [-0.4, -0.2) is 76.9 Å². The summed E-state index contributed by atoms with van der Waals surface area (Å²) >= 11 is -1.61. The molecule has 0 spiro atoms. The molecule has 0 aliphatic rings. The van der Waals surface area contributed by atoms with Crippen molar-refractivity contribution >= 4 is 25.1 Å². The summed E-state index contributed by atoms with van der Waals surface area (Å²) in [6.45, 7) is 8.28. The van der Waals surface area contributed by atoms with Crippen molar-refractivity contribution in [3.8, 4) is 0 Å². The molecule has 0 aliphatic carbocycles. The average Bonchev–Trinajstić information content (AvgIpc) is 2.30. The molecular formula is C12H30N4O2Pb. The SMILES string of the molecule is CNC(NC)C(C)(C)[O][Pb][O]C(C)(C)C(NC)NC. The van der Waals surface area contributed by atoms with Gasteiger partial charge in [-0.3, -0.25) is 0 Å². The van der Waals surface area contributed by atoms with Gasteiger partial charge in [0.2, 0.25) is 0 Å². The molecule has 0 fully saturated rings. The van der Waals surface area contributed by atoms with Crippen molar-refractivity contribution in [3.63, 3.8) is 0 Å². The van der Waals surface area contributed by atoms with E-state index < -0.39 is 25.1 Å². The van der Waals surface area contributed by atoms with Crippen LogP contribution in [0.2, 0.25) is 0 Å². The van der Waals surface area contributed by atoms with Crippen LogP contribution in [0.1, 0.15) is 27.7 Å². The predicted molar refractivity (Wildman–Crippen MR) is 79.9 cm³/mol. The molecule has 0 atom stereocenters. The van der Waals surface area contributed by atoms with Gasteiger partial charge in [-0.15, -0.1) is 0 Å². The van der Waals surface area contributed by atoms with Crippen LogP contribution in [0.3, 0.4) is 0 Å². The molecule has 0 aliphatic heterocycles. The summed E-state index contributed by atoms with van der Waals surface area (Å²) < 4.78 is 12.1. The Morgan fingerprint density at radius 2 is 0.947 bits per heavy atom. The fraction of sp³-hybridized carbons (Fsp3) is 1.00. The molecule has 0 aromatic rings. The second kappa shape index (κ2) is 8.86. The summed E-state index contributed by atoms with van der Waals surface area (Å²) in [5, 5.41) is 12.8. The number of rotatable bonds is 10. The Morgan fingerprint density at radius 3 is 1.16 bits per heavy atom. The van der Waals surface area contributed by atoms with Crippen LogP contribution < -0.4 is 21.3 Å². The van der Waals surface area contributed by atoms with Crippen LogP contribution in [0.25, 0.3) is 0 Å². The molecule has 0 aromatic carbocycles. The minimum atomic E-state index is -1.61. The van der Waals surface area contributed by atoms with E-state index in [9.17, 15) is 0 Å². The van der Waals surface area contributed by atoms with E-state index in [1.54, 1.807) is 0 Å². The Balaban J connectivity index is 4.35. The summed E-state index contributed by atoms with van der Waals surface area (Å²) in [5.74, 6) is 0. The number of hydrogen-bond acceptors (Lipinski definition) is 6. The quantitative estimate of drug-likeness (QED) is 0.259. The molecule has 0 amide bonds. The number of nitrogens with one attached hydrogen (secondary N) is 4. The number of likely N-dealkylation sites (N-methyl/N-ethyl adjacent to an activating group) is 4. The second-order valence-corrected chi connectivity index (χ2v) is 7.75. The fourth-order valence-corrected chi connectivity index (χ4v) is 4.78. The van der Waals surface area contributed by atoms with Crippen molar-refractivity contribution in [2.45, 2.75) is 51.2 Å². The maximum atomic E-state index is 6.04. The Kier molecular flexibility index (Phi) is 9.17. The monoisotopic (exact) mass is 470 g/mol. The van der Waals surface area contributed by atoms with Crippen molar-refractivity contribution in [2.75, 3.05) is 28.2 Å². The van der Waals surface area contributed by atoms with Gasteiger partial charge in [0, 0.05) is 0 Å². The molecule has 7 heteroatoms. The molecule has 0 aromatic heterocycles. The molecule has 0 saturated carbocycles. The number of hydrogen-bond donors (Lipinski definition) is 4. The van der Waals surface area contributed by atoms with Crippen LogP contribution in [0.15, 0.2) is 0 Å². The van der Waals surface area contributed by atoms with Crippen LogP contribution >= 0.6 is 0 Å². The third kappa shape index (κ3) is 6.32. The maximum absolute atomic E-state index is 6.04. The minimum absolute atomic E-state index is 0.108. The van der Waals surface area contributed by atoms with E-state index in [1.165, 1.54) is 0 Å². The first kappa shape index (κ1) is 19.7. The second-order valence-electron chi connectivity index (χ2n) is 5.52. The van der Waals surface area contributed by atoms with Crippen molar-refractivity contribution in [1.82, 2.24) is 21.3 Å². The molecule has 6 nitrogen and oxygen atoms in total. The van der Waals surface area contributed by atoms with E-state index in [-0.39, 0.29) is 23.5 Å². The Bertz CT molecular complexity index is 220. The molecule has 0 saturated heterocycles. The van der Waals surface area contributed by atoms with Crippen molar-refractivity contribution in [3.05, 3.63) is 0 Å². The van der Waals surface area contributed by atoms with Crippen molar-refractivity contribution in [2.24, 2.45) is 0 Å². The van der Waals surface area contributed by atoms with E-state index in [0.29, 0.717) is 0 Å². The Hall–Kier alpha value is 0.682. The van der Waals surface area contributed by atoms with Gasteiger partial charge in [0.1, 0.15) is 0 Å². The standard InChI is InChI=1S/2C6H15N2O.Pb/c2*1-6(2,9)5(7-3)8-4;/h2*5,7-8H,1-4H3;/q2*-1;+2.